The third-order valence-corrected chi connectivity index (χ3v) is 2.05. The summed E-state index contributed by atoms with van der Waals surface area (Å²) < 4.78 is 11.7. The number of aromatic nitrogens is 1. The van der Waals surface area contributed by atoms with Crippen molar-refractivity contribution in [3.63, 3.8) is 0 Å². The minimum Gasteiger partial charge on any atom is -0.392 e. The van der Waals surface area contributed by atoms with Gasteiger partial charge in [0.15, 0.2) is 5.13 Å². The molecule has 0 aromatic carbocycles. The molecule has 0 aliphatic rings. The molecule has 1 aromatic heterocycles. The highest BCUT2D eigenvalue weighted by molar-refractivity contribution is 7.80. The molecule has 0 fully saturated rings. The Hall–Kier alpha value is -1.08. The normalized spacial score (nSPS) is 11.4. The molecule has 0 bridgehead atoms. The zero-order valence-electron chi connectivity index (χ0n) is 7.07. The van der Waals surface area contributed by atoms with Gasteiger partial charge in [-0.15, -0.1) is 11.3 Å². The molecule has 75 valence electrons. The number of thiocarbonyl (C=S) groups is 1. The average molecular weight is 232 g/mol. The third kappa shape index (κ3) is 3.00. The summed E-state index contributed by atoms with van der Waals surface area (Å²) in [5, 5.41) is 8.01. The van der Waals surface area contributed by atoms with Gasteiger partial charge in [-0.2, -0.15) is 0 Å². The fourth-order valence-electron chi connectivity index (χ4n) is 0.659. The molecule has 1 aromatic rings. The van der Waals surface area contributed by atoms with Crippen molar-refractivity contribution < 1.29 is 9.23 Å². The van der Waals surface area contributed by atoms with Gasteiger partial charge in [0.05, 0.1) is 5.37 Å². The number of nitrogens with zero attached hydrogens (tertiary/aromatic N) is 2. The van der Waals surface area contributed by atoms with E-state index in [2.05, 4.69) is 32.6 Å². The van der Waals surface area contributed by atoms with Gasteiger partial charge >= 0.3 is 0 Å². The van der Waals surface area contributed by atoms with Crippen LogP contribution in [-0.4, -0.2) is 29.3 Å². The van der Waals surface area contributed by atoms with E-state index in [1.54, 1.807) is 5.38 Å². The van der Waals surface area contributed by atoms with Crippen LogP contribution in [0.3, 0.4) is 0 Å². The number of nitrogen functional groups attached to an aromatic ring is 1. The Balaban J connectivity index is 2.71. The lowest BCUT2D eigenvalue weighted by Gasteiger charge is -1.95. The maximum absolute atomic E-state index is 11.7. The second-order valence-corrected chi connectivity index (χ2v) is 3.23. The molecule has 0 saturated heterocycles. The van der Waals surface area contributed by atoms with Gasteiger partial charge in [-0.05, 0) is 0 Å². The Morgan fingerprint density at radius 3 is 3.14 bits per heavy atom. The van der Waals surface area contributed by atoms with E-state index in [0.29, 0.717) is 10.8 Å². The van der Waals surface area contributed by atoms with Crippen molar-refractivity contribution in [1.29, 1.82) is 0 Å². The molecule has 0 spiro atoms. The van der Waals surface area contributed by atoms with Gasteiger partial charge in [-0.3, -0.25) is 0 Å². The first-order valence-corrected chi connectivity index (χ1v) is 4.92. The minimum absolute atomic E-state index is 0.111. The predicted molar refractivity (Wildman–Crippen MR) is 57.6 cm³/mol. The summed E-state index contributed by atoms with van der Waals surface area (Å²) in [7, 11) is 0. The average Bonchev–Trinajstić information content (AvgIpc) is 2.60. The zero-order valence-corrected chi connectivity index (χ0v) is 8.70. The standard InChI is InChI=1S/C7H7FN3OS2/c8-1-2-12-11-5(3-13)6-4-14-7(9)10-6/h4H,1-2H2,(H2,9,10)/b11-5+. The number of hydrogen-bond acceptors (Lipinski definition) is 6. The topological polar surface area (TPSA) is 60.5 Å². The molecule has 14 heavy (non-hydrogen) atoms. The largest absolute Gasteiger partial charge is 0.392 e. The fraction of sp³-hybridized carbons (Fsp3) is 0.286. The van der Waals surface area contributed by atoms with Gasteiger partial charge in [-0.1, -0.05) is 17.4 Å². The molecule has 7 heteroatoms. The number of hydrogen-bond donors (Lipinski definition) is 1. The highest BCUT2D eigenvalue weighted by Crippen LogP contribution is 2.11. The van der Waals surface area contributed by atoms with Gasteiger partial charge < -0.3 is 10.6 Å². The molecule has 1 radical (unpaired) electrons. The molecule has 2 N–H and O–H groups in total. The van der Waals surface area contributed by atoms with Crippen molar-refractivity contribution in [1.82, 2.24) is 4.98 Å². The predicted octanol–water partition coefficient (Wildman–Crippen LogP) is 1.29. The molecule has 0 saturated carbocycles. The first kappa shape index (κ1) is 11.0. The van der Waals surface area contributed by atoms with Crippen LogP contribution < -0.4 is 5.73 Å². The van der Waals surface area contributed by atoms with E-state index < -0.39 is 6.67 Å². The number of thiazole rings is 1. The fourth-order valence-corrected chi connectivity index (χ4v) is 1.35. The number of alkyl halides is 1. The highest BCUT2D eigenvalue weighted by atomic mass is 32.1. The zero-order chi connectivity index (χ0) is 10.4. The summed E-state index contributed by atoms with van der Waals surface area (Å²) in [5.41, 5.74) is 6.15. The van der Waals surface area contributed by atoms with E-state index in [9.17, 15) is 4.39 Å². The Bertz CT molecular complexity index is 339. The van der Waals surface area contributed by atoms with Crippen LogP contribution in [0.25, 0.3) is 0 Å². The van der Waals surface area contributed by atoms with E-state index in [1.807, 2.05) is 0 Å². The molecular formula is C7H7FN3OS2. The van der Waals surface area contributed by atoms with Crippen LogP contribution in [0, 0.1) is 0 Å². The van der Waals surface area contributed by atoms with Crippen LogP contribution in [-0.2, 0) is 4.84 Å². The summed E-state index contributed by atoms with van der Waals surface area (Å²) in [6.45, 7) is -0.715. The lowest BCUT2D eigenvalue weighted by atomic mass is 10.3. The summed E-state index contributed by atoms with van der Waals surface area (Å²) in [5.74, 6) is 0. The second-order valence-electron chi connectivity index (χ2n) is 2.14. The van der Waals surface area contributed by atoms with E-state index in [-0.39, 0.29) is 12.3 Å². The van der Waals surface area contributed by atoms with Crippen LogP contribution in [0.4, 0.5) is 9.52 Å². The number of anilines is 1. The van der Waals surface area contributed by atoms with Crippen molar-refractivity contribution >= 4 is 39.8 Å². The van der Waals surface area contributed by atoms with Crippen LogP contribution in [0.5, 0.6) is 0 Å². The molecule has 0 aliphatic carbocycles. The summed E-state index contributed by atoms with van der Waals surface area (Å²) in [6, 6.07) is 0. The van der Waals surface area contributed by atoms with E-state index >= 15 is 0 Å². The molecule has 1 rings (SSSR count). The number of rotatable bonds is 5. The van der Waals surface area contributed by atoms with Crippen molar-refractivity contribution in [3.8, 4) is 0 Å². The first-order chi connectivity index (χ1) is 6.77. The van der Waals surface area contributed by atoms with Crippen molar-refractivity contribution in [2.75, 3.05) is 19.0 Å². The molecular weight excluding hydrogens is 225 g/mol. The van der Waals surface area contributed by atoms with Crippen LogP contribution in [0.15, 0.2) is 10.5 Å². The van der Waals surface area contributed by atoms with Crippen LogP contribution in [0.1, 0.15) is 5.69 Å². The minimum atomic E-state index is -0.604. The smallest absolute Gasteiger partial charge is 0.180 e. The van der Waals surface area contributed by atoms with Gasteiger partial charge in [0.25, 0.3) is 0 Å². The summed E-state index contributed by atoms with van der Waals surface area (Å²) >= 11 is 5.84. The Kier molecular flexibility index (Phi) is 4.41. The van der Waals surface area contributed by atoms with Crippen LogP contribution in [0.2, 0.25) is 0 Å². The summed E-state index contributed by atoms with van der Waals surface area (Å²) in [4.78, 5) is 8.53. The Morgan fingerprint density at radius 2 is 2.64 bits per heavy atom. The quantitative estimate of drug-likeness (QED) is 0.360. The lowest BCUT2D eigenvalue weighted by Crippen LogP contribution is -2.04. The summed E-state index contributed by atoms with van der Waals surface area (Å²) in [6.07, 6.45) is 0. The van der Waals surface area contributed by atoms with E-state index in [4.69, 9.17) is 5.73 Å². The van der Waals surface area contributed by atoms with E-state index in [1.165, 1.54) is 11.3 Å². The van der Waals surface area contributed by atoms with Gasteiger partial charge in [0.2, 0.25) is 0 Å². The number of oxime groups is 1. The number of nitrogens with two attached hydrogens (primary N) is 1. The Morgan fingerprint density at radius 1 is 1.86 bits per heavy atom. The molecule has 1 heterocycles. The van der Waals surface area contributed by atoms with Gasteiger partial charge in [0, 0.05) is 5.38 Å². The molecule has 0 aliphatic heterocycles. The lowest BCUT2D eigenvalue weighted by molar-refractivity contribution is 0.128. The van der Waals surface area contributed by atoms with Crippen LogP contribution >= 0.6 is 23.6 Å². The van der Waals surface area contributed by atoms with E-state index in [0.717, 1.165) is 0 Å². The molecule has 0 atom stereocenters. The Labute approximate surface area is 89.6 Å². The second kappa shape index (κ2) is 5.61. The van der Waals surface area contributed by atoms with Crippen molar-refractivity contribution in [2.24, 2.45) is 5.16 Å². The highest BCUT2D eigenvalue weighted by Gasteiger charge is 2.05. The third-order valence-electron chi connectivity index (χ3n) is 1.19. The van der Waals surface area contributed by atoms with Crippen molar-refractivity contribution in [2.45, 2.75) is 0 Å². The van der Waals surface area contributed by atoms with Gasteiger partial charge in [0.1, 0.15) is 24.7 Å². The maximum Gasteiger partial charge on any atom is 0.180 e. The monoisotopic (exact) mass is 232 g/mol. The molecule has 0 unspecified atom stereocenters. The maximum atomic E-state index is 11.7. The molecule has 0 amide bonds. The SMILES string of the molecule is Nc1nc(/C([C]=S)=N/OCCF)cs1. The number of halogens is 1. The van der Waals surface area contributed by atoms with Crippen molar-refractivity contribution in [3.05, 3.63) is 11.1 Å². The first-order valence-electron chi connectivity index (χ1n) is 3.63. The molecule has 4 nitrogen and oxygen atoms in total. The van der Waals surface area contributed by atoms with Gasteiger partial charge in [-0.25, -0.2) is 9.37 Å².